The summed E-state index contributed by atoms with van der Waals surface area (Å²) < 4.78 is 0. The minimum absolute atomic E-state index is 0.0385. The minimum atomic E-state index is 0.0385. The van der Waals surface area contributed by atoms with Crippen LogP contribution < -0.4 is 5.32 Å². The number of hydrogen-bond donors (Lipinski definition) is 1. The van der Waals surface area contributed by atoms with Crippen LogP contribution >= 0.6 is 0 Å². The second-order valence-electron chi connectivity index (χ2n) is 10.8. The van der Waals surface area contributed by atoms with Crippen LogP contribution in [0.1, 0.15) is 54.5 Å². The monoisotopic (exact) mass is 486 g/mol. The van der Waals surface area contributed by atoms with E-state index in [0.717, 1.165) is 24.9 Å². The topological polar surface area (TPSA) is 32.3 Å². The number of aryl methyl sites for hydroxylation is 1. The minimum Gasteiger partial charge on any atom is -0.374 e. The van der Waals surface area contributed by atoms with Crippen molar-refractivity contribution >= 4 is 11.6 Å². The molecule has 2 atom stereocenters. The number of rotatable bonds is 5. The molecule has 1 aliphatic carbocycles. The van der Waals surface area contributed by atoms with E-state index < -0.39 is 0 Å². The maximum atomic E-state index is 12.4. The van der Waals surface area contributed by atoms with Crippen molar-refractivity contribution in [2.24, 2.45) is 0 Å². The highest BCUT2D eigenvalue weighted by molar-refractivity contribution is 5.78. The van der Waals surface area contributed by atoms with Gasteiger partial charge in [0.15, 0.2) is 0 Å². The van der Waals surface area contributed by atoms with E-state index in [4.69, 9.17) is 0 Å². The zero-order valence-corrected chi connectivity index (χ0v) is 21.7. The summed E-state index contributed by atoms with van der Waals surface area (Å²) in [5.74, 6) is 0.288. The van der Waals surface area contributed by atoms with Gasteiger partial charge in [-0.05, 0) is 64.8 Å². The third kappa shape index (κ3) is 4.33. The summed E-state index contributed by atoms with van der Waals surface area (Å²) in [5, 5.41) is 3.80. The maximum absolute atomic E-state index is 12.4. The molecule has 37 heavy (non-hydrogen) atoms. The highest BCUT2D eigenvalue weighted by atomic mass is 16.2. The lowest BCUT2D eigenvalue weighted by molar-refractivity contribution is -0.138. The van der Waals surface area contributed by atoms with Crippen LogP contribution in [0.4, 0.5) is 5.69 Å². The summed E-state index contributed by atoms with van der Waals surface area (Å²) in [5.41, 5.74) is 8.96. The van der Waals surface area contributed by atoms with E-state index in [1.807, 2.05) is 11.9 Å². The zero-order valence-electron chi connectivity index (χ0n) is 21.7. The fourth-order valence-corrected chi connectivity index (χ4v) is 6.57. The first kappa shape index (κ1) is 23.5. The molecule has 0 radical (unpaired) electrons. The summed E-state index contributed by atoms with van der Waals surface area (Å²) in [7, 11) is 1.99. The Bertz CT molecular complexity index is 1370. The Balaban J connectivity index is 1.31. The largest absolute Gasteiger partial charge is 0.374 e. The molecule has 1 heterocycles. The molecule has 4 aromatic carbocycles. The van der Waals surface area contributed by atoms with Gasteiger partial charge >= 0.3 is 0 Å². The second kappa shape index (κ2) is 9.55. The van der Waals surface area contributed by atoms with Crippen LogP contribution in [0, 0.1) is 0 Å². The first-order valence-corrected chi connectivity index (χ1v) is 13.4. The molecule has 0 unspecified atom stereocenters. The highest BCUT2D eigenvalue weighted by Gasteiger charge is 2.46. The lowest BCUT2D eigenvalue weighted by Gasteiger charge is -2.50. The molecule has 2 aliphatic rings. The first-order chi connectivity index (χ1) is 18.0. The van der Waals surface area contributed by atoms with Crippen LogP contribution in [0.2, 0.25) is 0 Å². The van der Waals surface area contributed by atoms with Gasteiger partial charge in [0.1, 0.15) is 0 Å². The number of hydrogen-bond acceptors (Lipinski definition) is 2. The normalized spacial score (nSPS) is 20.9. The van der Waals surface area contributed by atoms with E-state index in [9.17, 15) is 4.79 Å². The third-order valence-corrected chi connectivity index (χ3v) is 8.63. The van der Waals surface area contributed by atoms with Gasteiger partial charge in [0.25, 0.3) is 0 Å². The fraction of sp³-hybridized carbons (Fsp3) is 0.265. The van der Waals surface area contributed by atoms with Crippen LogP contribution in [0.5, 0.6) is 0 Å². The van der Waals surface area contributed by atoms with Gasteiger partial charge in [-0.3, -0.25) is 4.79 Å². The predicted octanol–water partition coefficient (Wildman–Crippen LogP) is 7.38. The van der Waals surface area contributed by atoms with Gasteiger partial charge in [0, 0.05) is 30.6 Å². The number of nitrogens with zero attached hydrogens (tertiary/aromatic N) is 1. The van der Waals surface area contributed by atoms with Crippen LogP contribution in [-0.4, -0.2) is 23.9 Å². The quantitative estimate of drug-likeness (QED) is 0.319. The van der Waals surface area contributed by atoms with Crippen LogP contribution in [0.25, 0.3) is 11.1 Å². The molecule has 0 bridgehead atoms. The van der Waals surface area contributed by atoms with Crippen LogP contribution in [0.15, 0.2) is 103 Å². The Hall–Kier alpha value is -3.85. The summed E-state index contributed by atoms with van der Waals surface area (Å²) in [6, 6.07) is 37.4. The standard InChI is InChI=1S/C34H34N2O/c1-34-21-20-32(37)36(2)31(34)19-17-28-22-27(16-18-30(28)34)26-14-9-15-29(23-26)35-33(24-10-5-3-6-11-24)25-12-7-4-8-13-25/h3-16,18,22-23,31,33,35H,17,19-21H2,1-2H3/t31-,34-/m1/s1. The van der Waals surface area contributed by atoms with E-state index in [-0.39, 0.29) is 17.4 Å². The van der Waals surface area contributed by atoms with Crippen LogP contribution in [0.3, 0.4) is 0 Å². The number of benzene rings is 4. The smallest absolute Gasteiger partial charge is 0.222 e. The van der Waals surface area contributed by atoms with Crippen molar-refractivity contribution in [3.8, 4) is 11.1 Å². The van der Waals surface area contributed by atoms with Crippen molar-refractivity contribution in [1.29, 1.82) is 0 Å². The lowest BCUT2D eigenvalue weighted by atomic mass is 9.63. The first-order valence-electron chi connectivity index (χ1n) is 13.4. The fourth-order valence-electron chi connectivity index (χ4n) is 6.57. The Morgan fingerprint density at radius 1 is 0.811 bits per heavy atom. The molecule has 1 fully saturated rings. The number of fused-ring (bicyclic) bond motifs is 3. The summed E-state index contributed by atoms with van der Waals surface area (Å²) in [6.45, 7) is 2.36. The number of carbonyl (C=O) groups excluding carboxylic acids is 1. The lowest BCUT2D eigenvalue weighted by Crippen LogP contribution is -2.56. The predicted molar refractivity (Wildman–Crippen MR) is 152 cm³/mol. The number of likely N-dealkylation sites (N-methyl/N-ethyl adjacent to an activating group) is 1. The van der Waals surface area contributed by atoms with Crippen molar-refractivity contribution in [2.45, 2.75) is 50.1 Å². The summed E-state index contributed by atoms with van der Waals surface area (Å²) in [4.78, 5) is 14.4. The number of nitrogens with one attached hydrogen (secondary N) is 1. The maximum Gasteiger partial charge on any atom is 0.222 e. The van der Waals surface area contributed by atoms with Crippen molar-refractivity contribution in [3.05, 3.63) is 125 Å². The van der Waals surface area contributed by atoms with E-state index in [1.54, 1.807) is 0 Å². The number of anilines is 1. The van der Waals surface area contributed by atoms with Gasteiger partial charge < -0.3 is 10.2 Å². The van der Waals surface area contributed by atoms with E-state index in [2.05, 4.69) is 115 Å². The third-order valence-electron chi connectivity index (χ3n) is 8.63. The van der Waals surface area contributed by atoms with Crippen LogP contribution in [-0.2, 0) is 16.6 Å². The van der Waals surface area contributed by atoms with Gasteiger partial charge in [0.2, 0.25) is 5.91 Å². The molecule has 1 aliphatic heterocycles. The molecule has 186 valence electrons. The van der Waals surface area contributed by atoms with Crippen molar-refractivity contribution < 1.29 is 4.79 Å². The molecule has 0 aromatic heterocycles. The molecular formula is C34H34N2O. The van der Waals surface area contributed by atoms with Crippen molar-refractivity contribution in [3.63, 3.8) is 0 Å². The van der Waals surface area contributed by atoms with Gasteiger partial charge in [-0.25, -0.2) is 0 Å². The highest BCUT2D eigenvalue weighted by Crippen LogP contribution is 2.46. The van der Waals surface area contributed by atoms with E-state index in [0.29, 0.717) is 12.5 Å². The van der Waals surface area contributed by atoms with Crippen molar-refractivity contribution in [2.75, 3.05) is 12.4 Å². The Morgan fingerprint density at radius 2 is 1.49 bits per heavy atom. The Kier molecular flexibility index (Phi) is 6.08. The molecule has 3 heteroatoms. The SMILES string of the molecule is CN1C(=O)CC[C@]2(C)c3ccc(-c4cccc(NC(c5ccccc5)c5ccccc5)c4)cc3CC[C@@H]12. The average Bonchev–Trinajstić information content (AvgIpc) is 2.95. The molecule has 1 saturated heterocycles. The molecule has 1 N–H and O–H groups in total. The number of likely N-dealkylation sites (tertiary alicyclic amines) is 1. The van der Waals surface area contributed by atoms with Gasteiger partial charge in [0.05, 0.1) is 6.04 Å². The average molecular weight is 487 g/mol. The Labute approximate surface area is 220 Å². The zero-order chi connectivity index (χ0) is 25.4. The van der Waals surface area contributed by atoms with Crippen molar-refractivity contribution in [1.82, 2.24) is 4.90 Å². The summed E-state index contributed by atoms with van der Waals surface area (Å²) >= 11 is 0. The summed E-state index contributed by atoms with van der Waals surface area (Å²) in [6.07, 6.45) is 3.63. The molecule has 0 saturated carbocycles. The molecule has 3 nitrogen and oxygen atoms in total. The number of carbonyl (C=O) groups is 1. The van der Waals surface area contributed by atoms with Gasteiger partial charge in [-0.1, -0.05) is 97.9 Å². The molecular weight excluding hydrogens is 452 g/mol. The van der Waals surface area contributed by atoms with Gasteiger partial charge in [-0.15, -0.1) is 0 Å². The molecule has 4 aromatic rings. The van der Waals surface area contributed by atoms with Gasteiger partial charge in [-0.2, -0.15) is 0 Å². The second-order valence-corrected chi connectivity index (χ2v) is 10.8. The molecule has 1 amide bonds. The molecule has 6 rings (SSSR count). The van der Waals surface area contributed by atoms with E-state index in [1.165, 1.54) is 33.4 Å². The Morgan fingerprint density at radius 3 is 2.19 bits per heavy atom. The molecule has 0 spiro atoms. The number of amides is 1. The number of piperidine rings is 1. The van der Waals surface area contributed by atoms with E-state index >= 15 is 0 Å².